The van der Waals surface area contributed by atoms with Crippen molar-refractivity contribution in [1.29, 1.82) is 0 Å². The quantitative estimate of drug-likeness (QED) is 0.560. The Labute approximate surface area is 159 Å². The zero-order chi connectivity index (χ0) is 19.2. The molecule has 2 aromatic carbocycles. The Balaban J connectivity index is 1.93. The fourth-order valence-corrected chi connectivity index (χ4v) is 2.61. The van der Waals surface area contributed by atoms with Crippen LogP contribution >= 0.6 is 0 Å². The largest absolute Gasteiger partial charge is 0.367 e. The first-order valence-electron chi connectivity index (χ1n) is 9.14. The molecule has 5 heteroatoms. The standard InChI is InChI=1S/C22H24N4O/c1-4-15(2)23-21-14-20(18-8-6-5-7-9-18)25-22(26-21)24-19-12-10-17(11-13-19)16(3)27/h5-15H,4H2,1-3H3,(H2,23,24,25,26). The van der Waals surface area contributed by atoms with Gasteiger partial charge in [0.1, 0.15) is 5.82 Å². The highest BCUT2D eigenvalue weighted by Crippen LogP contribution is 2.24. The van der Waals surface area contributed by atoms with Crippen molar-refractivity contribution in [2.45, 2.75) is 33.2 Å². The predicted octanol–water partition coefficient (Wildman–Crippen LogP) is 5.30. The molecule has 0 bridgehead atoms. The van der Waals surface area contributed by atoms with E-state index in [1.54, 1.807) is 19.1 Å². The Morgan fingerprint density at radius 2 is 1.74 bits per heavy atom. The number of nitrogens with one attached hydrogen (secondary N) is 2. The molecule has 1 atom stereocenters. The van der Waals surface area contributed by atoms with E-state index in [0.717, 1.165) is 29.2 Å². The van der Waals surface area contributed by atoms with Gasteiger partial charge in [0.05, 0.1) is 5.69 Å². The maximum atomic E-state index is 11.4. The second kappa shape index (κ2) is 8.45. The van der Waals surface area contributed by atoms with Crippen LogP contribution in [-0.2, 0) is 0 Å². The molecule has 0 amide bonds. The third kappa shape index (κ3) is 4.91. The van der Waals surface area contributed by atoms with E-state index in [4.69, 9.17) is 0 Å². The number of hydrogen-bond donors (Lipinski definition) is 2. The zero-order valence-electron chi connectivity index (χ0n) is 15.9. The highest BCUT2D eigenvalue weighted by atomic mass is 16.1. The predicted molar refractivity (Wildman–Crippen MR) is 111 cm³/mol. The Hall–Kier alpha value is -3.21. The summed E-state index contributed by atoms with van der Waals surface area (Å²) in [6.07, 6.45) is 1.000. The van der Waals surface area contributed by atoms with Gasteiger partial charge in [-0.3, -0.25) is 4.79 Å². The minimum atomic E-state index is 0.0453. The highest BCUT2D eigenvalue weighted by Gasteiger charge is 2.09. The van der Waals surface area contributed by atoms with Crippen LogP contribution < -0.4 is 10.6 Å². The summed E-state index contributed by atoms with van der Waals surface area (Å²) >= 11 is 0. The summed E-state index contributed by atoms with van der Waals surface area (Å²) in [5.41, 5.74) is 3.39. The summed E-state index contributed by atoms with van der Waals surface area (Å²) in [6.45, 7) is 5.81. The maximum absolute atomic E-state index is 11.4. The number of aromatic nitrogens is 2. The number of hydrogen-bond acceptors (Lipinski definition) is 5. The van der Waals surface area contributed by atoms with Crippen molar-refractivity contribution in [2.24, 2.45) is 0 Å². The van der Waals surface area contributed by atoms with E-state index >= 15 is 0 Å². The molecule has 0 spiro atoms. The number of benzene rings is 2. The van der Waals surface area contributed by atoms with E-state index in [9.17, 15) is 4.79 Å². The van der Waals surface area contributed by atoms with E-state index in [1.807, 2.05) is 48.5 Å². The van der Waals surface area contributed by atoms with E-state index in [1.165, 1.54) is 0 Å². The molecule has 3 rings (SSSR count). The van der Waals surface area contributed by atoms with Gasteiger partial charge in [-0.2, -0.15) is 4.98 Å². The maximum Gasteiger partial charge on any atom is 0.229 e. The van der Waals surface area contributed by atoms with Gasteiger partial charge in [-0.25, -0.2) is 4.98 Å². The molecule has 0 saturated carbocycles. The van der Waals surface area contributed by atoms with Crippen molar-refractivity contribution in [3.63, 3.8) is 0 Å². The molecule has 1 heterocycles. The van der Waals surface area contributed by atoms with E-state index in [-0.39, 0.29) is 5.78 Å². The second-order valence-electron chi connectivity index (χ2n) is 6.54. The van der Waals surface area contributed by atoms with Crippen molar-refractivity contribution >= 4 is 23.2 Å². The first-order valence-corrected chi connectivity index (χ1v) is 9.14. The van der Waals surface area contributed by atoms with Crippen LogP contribution in [0.25, 0.3) is 11.3 Å². The Bertz CT molecular complexity index is 907. The molecule has 2 N–H and O–H groups in total. The summed E-state index contributed by atoms with van der Waals surface area (Å²) in [6, 6.07) is 19.6. The first-order chi connectivity index (χ1) is 13.0. The van der Waals surface area contributed by atoms with Crippen LogP contribution in [0.1, 0.15) is 37.6 Å². The molecule has 0 fully saturated rings. The lowest BCUT2D eigenvalue weighted by molar-refractivity contribution is 0.101. The van der Waals surface area contributed by atoms with Gasteiger partial charge in [-0.1, -0.05) is 37.3 Å². The van der Waals surface area contributed by atoms with Crippen LogP contribution in [0.5, 0.6) is 0 Å². The lowest BCUT2D eigenvalue weighted by Gasteiger charge is -2.15. The van der Waals surface area contributed by atoms with Gasteiger partial charge in [-0.15, -0.1) is 0 Å². The molecule has 3 aromatic rings. The lowest BCUT2D eigenvalue weighted by Crippen LogP contribution is -2.15. The molecule has 5 nitrogen and oxygen atoms in total. The zero-order valence-corrected chi connectivity index (χ0v) is 15.9. The molecule has 0 radical (unpaired) electrons. The van der Waals surface area contributed by atoms with Gasteiger partial charge >= 0.3 is 0 Å². The number of carbonyl (C=O) groups excluding carboxylic acids is 1. The summed E-state index contributed by atoms with van der Waals surface area (Å²) in [7, 11) is 0. The molecule has 27 heavy (non-hydrogen) atoms. The van der Waals surface area contributed by atoms with Gasteiger partial charge in [0, 0.05) is 28.9 Å². The minimum absolute atomic E-state index is 0.0453. The SMILES string of the molecule is CCC(C)Nc1cc(-c2ccccc2)nc(Nc2ccc(C(C)=O)cc2)n1. The Morgan fingerprint density at radius 3 is 2.37 bits per heavy atom. The van der Waals surface area contributed by atoms with Crippen LogP contribution in [0.3, 0.4) is 0 Å². The van der Waals surface area contributed by atoms with Crippen LogP contribution in [0, 0.1) is 0 Å². The van der Waals surface area contributed by atoms with E-state index in [0.29, 0.717) is 17.6 Å². The van der Waals surface area contributed by atoms with Crippen LogP contribution in [0.4, 0.5) is 17.5 Å². The topological polar surface area (TPSA) is 66.9 Å². The van der Waals surface area contributed by atoms with Crippen molar-refractivity contribution in [1.82, 2.24) is 9.97 Å². The van der Waals surface area contributed by atoms with Crippen LogP contribution in [-0.4, -0.2) is 21.8 Å². The van der Waals surface area contributed by atoms with Crippen molar-refractivity contribution < 1.29 is 4.79 Å². The number of anilines is 3. The molecule has 138 valence electrons. The average molecular weight is 360 g/mol. The Kier molecular flexibility index (Phi) is 5.81. The lowest BCUT2D eigenvalue weighted by atomic mass is 10.1. The molecule has 0 aliphatic heterocycles. The van der Waals surface area contributed by atoms with Gasteiger partial charge in [0.15, 0.2) is 5.78 Å². The normalized spacial score (nSPS) is 11.7. The van der Waals surface area contributed by atoms with E-state index < -0.39 is 0 Å². The summed E-state index contributed by atoms with van der Waals surface area (Å²) in [5, 5.41) is 6.65. The minimum Gasteiger partial charge on any atom is -0.367 e. The molecule has 0 saturated heterocycles. The second-order valence-corrected chi connectivity index (χ2v) is 6.54. The average Bonchev–Trinajstić information content (AvgIpc) is 2.69. The monoisotopic (exact) mass is 360 g/mol. The molecular weight excluding hydrogens is 336 g/mol. The summed E-state index contributed by atoms with van der Waals surface area (Å²) in [4.78, 5) is 20.7. The van der Waals surface area contributed by atoms with Gasteiger partial charge in [-0.05, 0) is 44.5 Å². The molecule has 1 unspecified atom stereocenters. The van der Waals surface area contributed by atoms with Crippen molar-refractivity contribution in [3.05, 3.63) is 66.2 Å². The van der Waals surface area contributed by atoms with Gasteiger partial charge < -0.3 is 10.6 Å². The number of rotatable bonds is 7. The summed E-state index contributed by atoms with van der Waals surface area (Å²) < 4.78 is 0. The third-order valence-corrected chi connectivity index (χ3v) is 4.35. The van der Waals surface area contributed by atoms with Gasteiger partial charge in [0.2, 0.25) is 5.95 Å². The number of carbonyl (C=O) groups is 1. The Morgan fingerprint density at radius 1 is 1.04 bits per heavy atom. The number of ketones is 1. The van der Waals surface area contributed by atoms with Crippen LogP contribution in [0.15, 0.2) is 60.7 Å². The number of Topliss-reactive ketones (excluding diaryl/α,β-unsaturated/α-hetero) is 1. The molecule has 1 aromatic heterocycles. The highest BCUT2D eigenvalue weighted by molar-refractivity contribution is 5.94. The molecule has 0 aliphatic carbocycles. The fourth-order valence-electron chi connectivity index (χ4n) is 2.61. The molecular formula is C22H24N4O. The first kappa shape index (κ1) is 18.6. The summed E-state index contributed by atoms with van der Waals surface area (Å²) in [5.74, 6) is 1.34. The van der Waals surface area contributed by atoms with Crippen molar-refractivity contribution in [2.75, 3.05) is 10.6 Å². The van der Waals surface area contributed by atoms with E-state index in [2.05, 4.69) is 34.4 Å². The smallest absolute Gasteiger partial charge is 0.229 e. The molecule has 0 aliphatic rings. The van der Waals surface area contributed by atoms with Crippen molar-refractivity contribution in [3.8, 4) is 11.3 Å². The number of nitrogens with zero attached hydrogens (tertiary/aromatic N) is 2. The third-order valence-electron chi connectivity index (χ3n) is 4.35. The van der Waals surface area contributed by atoms with Gasteiger partial charge in [0.25, 0.3) is 0 Å². The van der Waals surface area contributed by atoms with Crippen LogP contribution in [0.2, 0.25) is 0 Å². The fraction of sp³-hybridized carbons (Fsp3) is 0.227.